The number of rotatable bonds is 9. The first kappa shape index (κ1) is 21.1. The Bertz CT molecular complexity index is 438. The number of halogens is 5. The summed E-state index contributed by atoms with van der Waals surface area (Å²) in [6.45, 7) is 1.62. The van der Waals surface area contributed by atoms with Gasteiger partial charge in [0.05, 0.1) is 6.61 Å². The Morgan fingerprint density at radius 1 is 1.17 bits per heavy atom. The van der Waals surface area contributed by atoms with Gasteiger partial charge in [0, 0.05) is 6.42 Å². The lowest BCUT2D eigenvalue weighted by molar-refractivity contribution is -0.270. The van der Waals surface area contributed by atoms with E-state index in [4.69, 9.17) is 5.11 Å². The Morgan fingerprint density at radius 2 is 1.74 bits per heavy atom. The number of carbonyl (C=O) groups is 3. The van der Waals surface area contributed by atoms with Crippen LogP contribution >= 0.6 is 0 Å². The number of hydrogen-bond acceptors (Lipinski definition) is 4. The molecule has 0 spiro atoms. The molecule has 0 aliphatic heterocycles. The molecule has 0 aliphatic rings. The summed E-state index contributed by atoms with van der Waals surface area (Å²) in [6, 6.07) is -1.91. The maximum Gasteiger partial charge on any atom is 0.463 e. The molecule has 0 radical (unpaired) electrons. The topological polar surface area (TPSA) is 92.7 Å². The number of unbranched alkanes of at least 4 members (excludes halogenated alkanes) is 1. The SMILES string of the molecule is CCCCOC(=O)C(CCC(=O)O)NC(=O)C(F)(F)C(F)(F)F. The highest BCUT2D eigenvalue weighted by molar-refractivity contribution is 5.89. The average molecular weight is 349 g/mol. The van der Waals surface area contributed by atoms with Crippen LogP contribution in [-0.2, 0) is 19.1 Å². The molecule has 11 heteroatoms. The fourth-order valence-corrected chi connectivity index (χ4v) is 1.31. The molecular formula is C12H16F5NO5. The summed E-state index contributed by atoms with van der Waals surface area (Å²) < 4.78 is 66.5. The minimum atomic E-state index is -6.14. The van der Waals surface area contributed by atoms with Crippen molar-refractivity contribution in [3.63, 3.8) is 0 Å². The van der Waals surface area contributed by atoms with Crippen LogP contribution in [0.25, 0.3) is 0 Å². The zero-order valence-electron chi connectivity index (χ0n) is 12.1. The summed E-state index contributed by atoms with van der Waals surface area (Å²) in [5.74, 6) is -11.1. The Kier molecular flexibility index (Phi) is 7.90. The largest absolute Gasteiger partial charge is 0.481 e. The molecule has 1 atom stereocenters. The highest BCUT2D eigenvalue weighted by atomic mass is 19.4. The number of carboxylic acids is 1. The van der Waals surface area contributed by atoms with Crippen LogP contribution in [-0.4, -0.2) is 47.7 Å². The third-order valence-corrected chi connectivity index (χ3v) is 2.62. The number of hydrogen-bond donors (Lipinski definition) is 2. The molecule has 134 valence electrons. The van der Waals surface area contributed by atoms with E-state index in [-0.39, 0.29) is 6.61 Å². The summed E-state index contributed by atoms with van der Waals surface area (Å²) in [4.78, 5) is 33.1. The molecule has 0 saturated heterocycles. The van der Waals surface area contributed by atoms with Gasteiger partial charge in [-0.05, 0) is 12.8 Å². The second-order valence-corrected chi connectivity index (χ2v) is 4.55. The van der Waals surface area contributed by atoms with E-state index in [1.165, 1.54) is 5.32 Å². The summed E-state index contributed by atoms with van der Waals surface area (Å²) >= 11 is 0. The molecule has 23 heavy (non-hydrogen) atoms. The van der Waals surface area contributed by atoms with E-state index in [0.29, 0.717) is 12.8 Å². The van der Waals surface area contributed by atoms with Crippen molar-refractivity contribution < 1.29 is 46.2 Å². The van der Waals surface area contributed by atoms with Crippen molar-refractivity contribution in [3.8, 4) is 0 Å². The molecule has 0 bridgehead atoms. The highest BCUT2D eigenvalue weighted by Crippen LogP contribution is 2.35. The monoisotopic (exact) mass is 349 g/mol. The van der Waals surface area contributed by atoms with Crippen molar-refractivity contribution in [1.82, 2.24) is 5.32 Å². The van der Waals surface area contributed by atoms with Crippen molar-refractivity contribution >= 4 is 17.8 Å². The van der Waals surface area contributed by atoms with Gasteiger partial charge in [-0.3, -0.25) is 9.59 Å². The first-order chi connectivity index (χ1) is 10.4. The van der Waals surface area contributed by atoms with Crippen LogP contribution < -0.4 is 5.32 Å². The van der Waals surface area contributed by atoms with Gasteiger partial charge in [-0.25, -0.2) is 4.79 Å². The Morgan fingerprint density at radius 3 is 2.17 bits per heavy atom. The summed E-state index contributed by atoms with van der Waals surface area (Å²) in [7, 11) is 0. The molecule has 0 aromatic carbocycles. The van der Waals surface area contributed by atoms with Crippen molar-refractivity contribution in [3.05, 3.63) is 0 Å². The van der Waals surface area contributed by atoms with E-state index in [1.807, 2.05) is 0 Å². The van der Waals surface area contributed by atoms with E-state index >= 15 is 0 Å². The van der Waals surface area contributed by atoms with Gasteiger partial charge in [0.25, 0.3) is 0 Å². The molecule has 0 saturated carbocycles. The number of aliphatic carboxylic acids is 1. The van der Waals surface area contributed by atoms with Crippen LogP contribution in [0.15, 0.2) is 0 Å². The normalized spacial score (nSPS) is 13.3. The number of nitrogens with one attached hydrogen (secondary N) is 1. The van der Waals surface area contributed by atoms with Gasteiger partial charge in [0.2, 0.25) is 0 Å². The molecular weight excluding hydrogens is 333 g/mol. The van der Waals surface area contributed by atoms with Crippen molar-refractivity contribution in [2.75, 3.05) is 6.61 Å². The zero-order chi connectivity index (χ0) is 18.3. The summed E-state index contributed by atoms with van der Waals surface area (Å²) in [5, 5.41) is 9.69. The number of alkyl halides is 5. The van der Waals surface area contributed by atoms with Crippen LogP contribution in [0.1, 0.15) is 32.6 Å². The third-order valence-electron chi connectivity index (χ3n) is 2.62. The molecule has 0 aromatic heterocycles. The number of ether oxygens (including phenoxy) is 1. The van der Waals surface area contributed by atoms with Crippen molar-refractivity contribution in [1.29, 1.82) is 0 Å². The molecule has 6 nitrogen and oxygen atoms in total. The van der Waals surface area contributed by atoms with E-state index in [1.54, 1.807) is 6.92 Å². The van der Waals surface area contributed by atoms with Crippen LogP contribution in [0, 0.1) is 0 Å². The van der Waals surface area contributed by atoms with Gasteiger partial charge >= 0.3 is 29.9 Å². The van der Waals surface area contributed by atoms with Crippen molar-refractivity contribution in [2.45, 2.75) is 50.7 Å². The molecule has 0 aromatic rings. The molecule has 1 amide bonds. The number of amides is 1. The van der Waals surface area contributed by atoms with Crippen LogP contribution in [0.5, 0.6) is 0 Å². The maximum absolute atomic E-state index is 12.8. The Hall–Kier alpha value is -1.94. The van der Waals surface area contributed by atoms with E-state index in [2.05, 4.69) is 4.74 Å². The highest BCUT2D eigenvalue weighted by Gasteiger charge is 2.63. The number of esters is 1. The molecule has 0 heterocycles. The number of carboxylic acid groups (broad SMARTS) is 1. The predicted octanol–water partition coefficient (Wildman–Crippen LogP) is 1.88. The zero-order valence-corrected chi connectivity index (χ0v) is 12.1. The fourth-order valence-electron chi connectivity index (χ4n) is 1.31. The average Bonchev–Trinajstić information content (AvgIpc) is 2.41. The molecule has 1 unspecified atom stereocenters. The standard InChI is InChI=1S/C12H16F5NO5/c1-2-3-6-23-9(21)7(4-5-8(19)20)18-10(22)11(13,14)12(15,16)17/h7H,2-6H2,1H3,(H,18,22)(H,19,20). The number of carbonyl (C=O) groups excluding carboxylic acids is 2. The lowest BCUT2D eigenvalue weighted by Gasteiger charge is -2.22. The van der Waals surface area contributed by atoms with Gasteiger partial charge < -0.3 is 15.2 Å². The van der Waals surface area contributed by atoms with E-state index < -0.39 is 48.8 Å². The molecule has 0 fully saturated rings. The van der Waals surface area contributed by atoms with Crippen LogP contribution in [0.2, 0.25) is 0 Å². The summed E-state index contributed by atoms with van der Waals surface area (Å²) in [6.07, 6.45) is -6.53. The molecule has 0 rings (SSSR count). The first-order valence-electron chi connectivity index (χ1n) is 6.57. The first-order valence-corrected chi connectivity index (χ1v) is 6.57. The van der Waals surface area contributed by atoms with Crippen molar-refractivity contribution in [2.24, 2.45) is 0 Å². The van der Waals surface area contributed by atoms with Crippen LogP contribution in [0.3, 0.4) is 0 Å². The smallest absolute Gasteiger partial charge is 0.463 e. The molecule has 0 aliphatic carbocycles. The van der Waals surface area contributed by atoms with Gasteiger partial charge in [-0.2, -0.15) is 22.0 Å². The minimum Gasteiger partial charge on any atom is -0.481 e. The third kappa shape index (κ3) is 6.78. The van der Waals surface area contributed by atoms with E-state index in [0.717, 1.165) is 0 Å². The second-order valence-electron chi connectivity index (χ2n) is 4.55. The Labute approximate surface area is 128 Å². The maximum atomic E-state index is 12.8. The lowest BCUT2D eigenvalue weighted by Crippen LogP contribution is -2.55. The quantitative estimate of drug-likeness (QED) is 0.377. The van der Waals surface area contributed by atoms with Gasteiger partial charge in [0.1, 0.15) is 6.04 Å². The minimum absolute atomic E-state index is 0.134. The molecule has 2 N–H and O–H groups in total. The van der Waals surface area contributed by atoms with Gasteiger partial charge in [-0.15, -0.1) is 0 Å². The summed E-state index contributed by atoms with van der Waals surface area (Å²) in [5.41, 5.74) is 0. The second kappa shape index (κ2) is 8.63. The Balaban J connectivity index is 4.96. The van der Waals surface area contributed by atoms with E-state index in [9.17, 15) is 36.3 Å². The van der Waals surface area contributed by atoms with Gasteiger partial charge in [0.15, 0.2) is 0 Å². The predicted molar refractivity (Wildman–Crippen MR) is 65.7 cm³/mol. The van der Waals surface area contributed by atoms with Crippen LogP contribution in [0.4, 0.5) is 22.0 Å². The fraction of sp³-hybridized carbons (Fsp3) is 0.750. The lowest BCUT2D eigenvalue weighted by atomic mass is 10.1. The van der Waals surface area contributed by atoms with Gasteiger partial charge in [-0.1, -0.05) is 13.3 Å².